The Labute approximate surface area is 85.1 Å². The molecule has 1 rings (SSSR count). The summed E-state index contributed by atoms with van der Waals surface area (Å²) in [6.45, 7) is 4.23. The van der Waals surface area contributed by atoms with E-state index in [1.807, 2.05) is 11.2 Å². The Morgan fingerprint density at radius 3 is 2.62 bits per heavy atom. The lowest BCUT2D eigenvalue weighted by molar-refractivity contribution is -0.132. The van der Waals surface area contributed by atoms with E-state index in [9.17, 15) is 4.79 Å². The molecule has 3 heteroatoms. The van der Waals surface area contributed by atoms with Crippen molar-refractivity contribution in [3.05, 3.63) is 0 Å². The highest BCUT2D eigenvalue weighted by molar-refractivity contribution is 7.98. The van der Waals surface area contributed by atoms with Gasteiger partial charge in [0.2, 0.25) is 5.91 Å². The summed E-state index contributed by atoms with van der Waals surface area (Å²) in [5, 5.41) is 0. The van der Waals surface area contributed by atoms with Crippen LogP contribution in [-0.4, -0.2) is 35.9 Å². The zero-order valence-corrected chi connectivity index (χ0v) is 9.40. The Hall–Kier alpha value is -0.180. The first-order chi connectivity index (χ1) is 6.24. The van der Waals surface area contributed by atoms with Crippen LogP contribution >= 0.6 is 11.8 Å². The molecule has 0 spiro atoms. The van der Waals surface area contributed by atoms with Crippen LogP contribution in [0.1, 0.15) is 26.2 Å². The molecule has 0 aromatic heterocycles. The minimum absolute atomic E-state index is 0.348. The third kappa shape index (κ3) is 3.59. The van der Waals surface area contributed by atoms with Crippen LogP contribution < -0.4 is 0 Å². The predicted octanol–water partition coefficient (Wildman–Crippen LogP) is 2.00. The molecule has 0 unspecified atom stereocenters. The molecular formula is C10H19NOS. The average molecular weight is 201 g/mol. The van der Waals surface area contributed by atoms with Gasteiger partial charge in [-0.25, -0.2) is 0 Å². The Bertz CT molecular complexity index is 164. The SMILES string of the molecule is CSCCC(=O)N1CCC(C)CC1. The molecule has 0 bridgehead atoms. The molecule has 0 aromatic rings. The van der Waals surface area contributed by atoms with Crippen molar-refractivity contribution in [3.8, 4) is 0 Å². The van der Waals surface area contributed by atoms with Crippen molar-refractivity contribution in [1.82, 2.24) is 4.90 Å². The van der Waals surface area contributed by atoms with Crippen LogP contribution in [0.5, 0.6) is 0 Å². The molecule has 1 saturated heterocycles. The van der Waals surface area contributed by atoms with E-state index in [1.54, 1.807) is 11.8 Å². The van der Waals surface area contributed by atoms with Crippen LogP contribution in [0.3, 0.4) is 0 Å². The Morgan fingerprint density at radius 2 is 2.08 bits per heavy atom. The van der Waals surface area contributed by atoms with Crippen molar-refractivity contribution in [2.45, 2.75) is 26.2 Å². The molecule has 2 nitrogen and oxygen atoms in total. The van der Waals surface area contributed by atoms with Crippen molar-refractivity contribution < 1.29 is 4.79 Å². The maximum Gasteiger partial charge on any atom is 0.223 e. The molecular weight excluding hydrogens is 182 g/mol. The quantitative estimate of drug-likeness (QED) is 0.696. The van der Waals surface area contributed by atoms with Crippen LogP contribution in [-0.2, 0) is 4.79 Å². The zero-order chi connectivity index (χ0) is 9.68. The van der Waals surface area contributed by atoms with E-state index in [2.05, 4.69) is 6.92 Å². The predicted molar refractivity (Wildman–Crippen MR) is 58.0 cm³/mol. The molecule has 76 valence electrons. The van der Waals surface area contributed by atoms with Crippen LogP contribution in [0, 0.1) is 5.92 Å². The normalized spacial score (nSPS) is 19.1. The fourth-order valence-corrected chi connectivity index (χ4v) is 1.98. The molecule has 1 heterocycles. The van der Waals surface area contributed by atoms with Crippen molar-refractivity contribution in [1.29, 1.82) is 0 Å². The van der Waals surface area contributed by atoms with Gasteiger partial charge in [0.25, 0.3) is 0 Å². The molecule has 1 aliphatic heterocycles. The van der Waals surface area contributed by atoms with Gasteiger partial charge in [-0.3, -0.25) is 4.79 Å². The molecule has 1 fully saturated rings. The van der Waals surface area contributed by atoms with Crippen LogP contribution in [0.2, 0.25) is 0 Å². The minimum atomic E-state index is 0.348. The van der Waals surface area contributed by atoms with Crippen LogP contribution in [0.4, 0.5) is 0 Å². The number of amides is 1. The Kier molecular flexibility index (Phi) is 4.64. The van der Waals surface area contributed by atoms with Gasteiger partial charge in [0, 0.05) is 25.3 Å². The van der Waals surface area contributed by atoms with E-state index >= 15 is 0 Å². The van der Waals surface area contributed by atoms with E-state index in [4.69, 9.17) is 0 Å². The number of hydrogen-bond acceptors (Lipinski definition) is 2. The first-order valence-corrected chi connectivity index (χ1v) is 6.40. The third-order valence-corrected chi connectivity index (χ3v) is 3.27. The highest BCUT2D eigenvalue weighted by Gasteiger charge is 2.19. The molecule has 13 heavy (non-hydrogen) atoms. The summed E-state index contributed by atoms with van der Waals surface area (Å²) in [6, 6.07) is 0. The van der Waals surface area contributed by atoms with Gasteiger partial charge >= 0.3 is 0 Å². The lowest BCUT2D eigenvalue weighted by Gasteiger charge is -2.30. The van der Waals surface area contributed by atoms with Gasteiger partial charge in [-0.05, 0) is 25.0 Å². The minimum Gasteiger partial charge on any atom is -0.343 e. The first kappa shape index (κ1) is 10.9. The molecule has 0 saturated carbocycles. The number of thioether (sulfide) groups is 1. The number of nitrogens with zero attached hydrogens (tertiary/aromatic N) is 1. The monoisotopic (exact) mass is 201 g/mol. The fourth-order valence-electron chi connectivity index (χ4n) is 1.61. The topological polar surface area (TPSA) is 20.3 Å². The van der Waals surface area contributed by atoms with Gasteiger partial charge in [-0.1, -0.05) is 6.92 Å². The van der Waals surface area contributed by atoms with Crippen molar-refractivity contribution in [3.63, 3.8) is 0 Å². The number of carbonyl (C=O) groups excluding carboxylic acids is 1. The van der Waals surface area contributed by atoms with E-state index < -0.39 is 0 Å². The molecule has 1 aliphatic rings. The first-order valence-electron chi connectivity index (χ1n) is 5.00. The van der Waals surface area contributed by atoms with Gasteiger partial charge in [-0.15, -0.1) is 0 Å². The molecule has 0 aromatic carbocycles. The molecule has 0 radical (unpaired) electrons. The number of likely N-dealkylation sites (tertiary alicyclic amines) is 1. The number of rotatable bonds is 3. The Morgan fingerprint density at radius 1 is 1.46 bits per heavy atom. The van der Waals surface area contributed by atoms with Gasteiger partial charge < -0.3 is 4.90 Å². The maximum atomic E-state index is 11.6. The number of piperidine rings is 1. The summed E-state index contributed by atoms with van der Waals surface area (Å²) in [6.07, 6.45) is 5.14. The highest BCUT2D eigenvalue weighted by atomic mass is 32.2. The Balaban J connectivity index is 2.23. The van der Waals surface area contributed by atoms with Gasteiger partial charge in [0.15, 0.2) is 0 Å². The third-order valence-electron chi connectivity index (χ3n) is 2.66. The van der Waals surface area contributed by atoms with Crippen molar-refractivity contribution >= 4 is 17.7 Å². The van der Waals surface area contributed by atoms with E-state index in [-0.39, 0.29) is 0 Å². The van der Waals surface area contributed by atoms with Gasteiger partial charge in [-0.2, -0.15) is 11.8 Å². The highest BCUT2D eigenvalue weighted by Crippen LogP contribution is 2.16. The molecule has 0 atom stereocenters. The molecule has 0 N–H and O–H groups in total. The largest absolute Gasteiger partial charge is 0.343 e. The van der Waals surface area contributed by atoms with Crippen molar-refractivity contribution in [2.75, 3.05) is 25.1 Å². The van der Waals surface area contributed by atoms with E-state index in [0.29, 0.717) is 5.91 Å². The fraction of sp³-hybridized carbons (Fsp3) is 0.900. The second-order valence-electron chi connectivity index (χ2n) is 3.81. The summed E-state index contributed by atoms with van der Waals surface area (Å²) in [5.41, 5.74) is 0. The van der Waals surface area contributed by atoms with E-state index in [0.717, 1.165) is 31.2 Å². The second-order valence-corrected chi connectivity index (χ2v) is 4.79. The van der Waals surface area contributed by atoms with Gasteiger partial charge in [0.1, 0.15) is 0 Å². The molecule has 0 aliphatic carbocycles. The van der Waals surface area contributed by atoms with Crippen LogP contribution in [0.15, 0.2) is 0 Å². The smallest absolute Gasteiger partial charge is 0.223 e. The number of hydrogen-bond donors (Lipinski definition) is 0. The van der Waals surface area contributed by atoms with E-state index in [1.165, 1.54) is 12.8 Å². The summed E-state index contributed by atoms with van der Waals surface area (Å²) in [4.78, 5) is 13.6. The summed E-state index contributed by atoms with van der Waals surface area (Å²) < 4.78 is 0. The standard InChI is InChI=1S/C10H19NOS/c1-9-3-6-11(7-4-9)10(12)5-8-13-2/h9H,3-8H2,1-2H3. The lowest BCUT2D eigenvalue weighted by Crippen LogP contribution is -2.38. The second kappa shape index (κ2) is 5.53. The maximum absolute atomic E-state index is 11.6. The number of carbonyl (C=O) groups is 1. The van der Waals surface area contributed by atoms with Crippen LogP contribution in [0.25, 0.3) is 0 Å². The summed E-state index contributed by atoms with van der Waals surface area (Å²) in [7, 11) is 0. The van der Waals surface area contributed by atoms with Crippen molar-refractivity contribution in [2.24, 2.45) is 5.92 Å². The summed E-state index contributed by atoms with van der Waals surface area (Å²) >= 11 is 1.75. The zero-order valence-electron chi connectivity index (χ0n) is 8.58. The van der Waals surface area contributed by atoms with Gasteiger partial charge in [0.05, 0.1) is 0 Å². The summed E-state index contributed by atoms with van der Waals surface area (Å²) in [5.74, 6) is 2.12. The molecule has 1 amide bonds. The average Bonchev–Trinajstić information content (AvgIpc) is 2.15. The lowest BCUT2D eigenvalue weighted by atomic mass is 9.99.